The van der Waals surface area contributed by atoms with Crippen molar-refractivity contribution in [2.75, 3.05) is 13.7 Å². The zero-order valence-corrected chi connectivity index (χ0v) is 23.7. The first-order valence-electron chi connectivity index (χ1n) is 14.5. The summed E-state index contributed by atoms with van der Waals surface area (Å²) in [4.78, 5) is 52.8. The monoisotopic (exact) mass is 557 g/mol. The first kappa shape index (κ1) is 30.0. The number of ether oxygens (including phenoxy) is 2. The van der Waals surface area contributed by atoms with Gasteiger partial charge in [0.25, 0.3) is 0 Å². The molecule has 1 aromatic carbocycles. The van der Waals surface area contributed by atoms with Gasteiger partial charge in [0.1, 0.15) is 23.4 Å². The highest BCUT2D eigenvalue weighted by Gasteiger charge is 2.50. The zero-order valence-electron chi connectivity index (χ0n) is 23.7. The van der Waals surface area contributed by atoms with Crippen molar-refractivity contribution in [1.29, 1.82) is 0 Å². The van der Waals surface area contributed by atoms with E-state index in [0.29, 0.717) is 44.0 Å². The van der Waals surface area contributed by atoms with E-state index in [-0.39, 0.29) is 24.0 Å². The predicted octanol–water partition coefficient (Wildman–Crippen LogP) is 1.81. The van der Waals surface area contributed by atoms with Crippen molar-refractivity contribution >= 4 is 23.5 Å². The highest BCUT2D eigenvalue weighted by atomic mass is 16.6. The van der Waals surface area contributed by atoms with Crippen molar-refractivity contribution < 1.29 is 33.8 Å². The molecule has 2 saturated carbocycles. The molecule has 3 fully saturated rings. The fraction of sp³-hybridized carbons (Fsp3) is 0.667. The molecule has 40 heavy (non-hydrogen) atoms. The molecule has 4 rings (SSSR count). The normalized spacial score (nSPS) is 26.4. The molecule has 1 saturated heterocycles. The zero-order chi connectivity index (χ0) is 28.9. The highest BCUT2D eigenvalue weighted by Crippen LogP contribution is 2.33. The number of rotatable bonds is 13. The lowest BCUT2D eigenvalue weighted by Crippen LogP contribution is -2.57. The highest BCUT2D eigenvalue weighted by molar-refractivity contribution is 5.98. The first-order chi connectivity index (χ1) is 19.1. The molecule has 0 bridgehead atoms. The van der Waals surface area contributed by atoms with Crippen molar-refractivity contribution in [2.45, 2.75) is 101 Å². The van der Waals surface area contributed by atoms with Crippen LogP contribution in [0.5, 0.6) is 5.75 Å². The van der Waals surface area contributed by atoms with Gasteiger partial charge in [-0.3, -0.25) is 19.2 Å². The lowest BCUT2D eigenvalue weighted by molar-refractivity contribution is -0.134. The van der Waals surface area contributed by atoms with E-state index in [2.05, 4.69) is 16.0 Å². The molecule has 1 aliphatic heterocycles. The minimum atomic E-state index is -0.972. The van der Waals surface area contributed by atoms with Crippen molar-refractivity contribution in [3.05, 3.63) is 29.8 Å². The van der Waals surface area contributed by atoms with Crippen LogP contribution in [0.25, 0.3) is 0 Å². The average Bonchev–Trinajstić information content (AvgIpc) is 3.28. The Labute approximate surface area is 235 Å². The molecule has 220 valence electrons. The third kappa shape index (κ3) is 7.81. The van der Waals surface area contributed by atoms with E-state index in [1.54, 1.807) is 33.1 Å². The molecule has 3 aliphatic rings. The van der Waals surface area contributed by atoms with Crippen molar-refractivity contribution in [1.82, 2.24) is 16.0 Å². The molecule has 0 aromatic heterocycles. The van der Waals surface area contributed by atoms with Gasteiger partial charge in [-0.1, -0.05) is 37.8 Å². The molecule has 6 atom stereocenters. The Morgan fingerprint density at radius 2 is 1.65 bits per heavy atom. The summed E-state index contributed by atoms with van der Waals surface area (Å²) in [7, 11) is 1.57. The topological polar surface area (TPSA) is 146 Å². The quantitative estimate of drug-likeness (QED) is 0.271. The van der Waals surface area contributed by atoms with Crippen LogP contribution in [-0.4, -0.2) is 72.2 Å². The van der Waals surface area contributed by atoms with Gasteiger partial charge in [-0.15, -0.1) is 0 Å². The standard InChI is InChI=1S/C30H43N3O7/c1-18(31-28(37)21-10-11-22(34)16-21)27(36)33-25(15-20-8-12-23(39-3)13-9-20)29(38)32-24(14-19-6-4-5-7-19)26(35)30(2)17-40-30/h8-9,12-13,18-19,21-22,24-25,34H,4-7,10-11,14-17H2,1-3H3,(H,31,37)(H,32,38)(H,33,36). The lowest BCUT2D eigenvalue weighted by Gasteiger charge is -2.27. The van der Waals surface area contributed by atoms with E-state index < -0.39 is 41.6 Å². The molecule has 4 N–H and O–H groups in total. The Hall–Kier alpha value is -2.98. The number of methoxy groups -OCH3 is 1. The summed E-state index contributed by atoms with van der Waals surface area (Å²) in [6, 6.07) is 4.64. The first-order valence-corrected chi connectivity index (χ1v) is 14.5. The Kier molecular flexibility index (Phi) is 9.84. The van der Waals surface area contributed by atoms with Crippen molar-refractivity contribution in [3.8, 4) is 5.75 Å². The number of nitrogens with one attached hydrogen (secondary N) is 3. The third-order valence-corrected chi connectivity index (χ3v) is 8.53. The van der Waals surface area contributed by atoms with E-state index in [4.69, 9.17) is 9.47 Å². The van der Waals surface area contributed by atoms with Crippen LogP contribution in [0.4, 0.5) is 0 Å². The van der Waals surface area contributed by atoms with E-state index in [0.717, 1.165) is 31.2 Å². The number of carbonyl (C=O) groups is 4. The van der Waals surface area contributed by atoms with Crippen LogP contribution in [0.1, 0.15) is 70.8 Å². The van der Waals surface area contributed by atoms with E-state index in [1.165, 1.54) is 0 Å². The second kappa shape index (κ2) is 13.1. The Morgan fingerprint density at radius 3 is 2.23 bits per heavy atom. The fourth-order valence-corrected chi connectivity index (χ4v) is 5.80. The maximum atomic E-state index is 13.7. The minimum absolute atomic E-state index is 0.137. The summed E-state index contributed by atoms with van der Waals surface area (Å²) in [6.07, 6.45) is 6.04. The van der Waals surface area contributed by atoms with Crippen LogP contribution in [0.2, 0.25) is 0 Å². The lowest BCUT2D eigenvalue weighted by atomic mass is 9.90. The number of carbonyl (C=O) groups excluding carboxylic acids is 4. The summed E-state index contributed by atoms with van der Waals surface area (Å²) >= 11 is 0. The van der Waals surface area contributed by atoms with Gasteiger partial charge in [0.2, 0.25) is 17.7 Å². The number of epoxide rings is 1. The molecule has 10 heteroatoms. The molecule has 10 nitrogen and oxygen atoms in total. The summed E-state index contributed by atoms with van der Waals surface area (Å²) in [6.45, 7) is 3.65. The molecule has 2 aliphatic carbocycles. The Balaban J connectivity index is 1.46. The maximum absolute atomic E-state index is 13.7. The summed E-state index contributed by atoms with van der Waals surface area (Å²) in [5, 5.41) is 18.2. The molecular weight excluding hydrogens is 514 g/mol. The molecule has 1 aromatic rings. The molecule has 0 spiro atoms. The summed E-state index contributed by atoms with van der Waals surface area (Å²) < 4.78 is 10.6. The van der Waals surface area contributed by atoms with E-state index >= 15 is 0 Å². The number of aliphatic hydroxyl groups is 1. The molecular formula is C30H43N3O7. The van der Waals surface area contributed by atoms with Gasteiger partial charge in [0.15, 0.2) is 5.78 Å². The third-order valence-electron chi connectivity index (χ3n) is 8.53. The smallest absolute Gasteiger partial charge is 0.243 e. The Bertz CT molecular complexity index is 1070. The largest absolute Gasteiger partial charge is 0.497 e. The van der Waals surface area contributed by atoms with Crippen LogP contribution in [0, 0.1) is 11.8 Å². The molecule has 6 unspecified atom stereocenters. The van der Waals surface area contributed by atoms with Gasteiger partial charge < -0.3 is 30.5 Å². The maximum Gasteiger partial charge on any atom is 0.243 e. The van der Waals surface area contributed by atoms with Gasteiger partial charge >= 0.3 is 0 Å². The number of aliphatic hydroxyl groups excluding tert-OH is 1. The number of Topliss-reactive ketones (excluding diaryl/α,β-unsaturated/α-hetero) is 1. The van der Waals surface area contributed by atoms with Gasteiger partial charge in [0, 0.05) is 12.3 Å². The summed E-state index contributed by atoms with van der Waals surface area (Å²) in [5.41, 5.74) is -0.0771. The van der Waals surface area contributed by atoms with E-state index in [1.807, 2.05) is 12.1 Å². The van der Waals surface area contributed by atoms with Crippen LogP contribution in [0.3, 0.4) is 0 Å². The summed E-state index contributed by atoms with van der Waals surface area (Å²) in [5.74, 6) is -0.689. The van der Waals surface area contributed by atoms with Gasteiger partial charge in [-0.05, 0) is 63.1 Å². The van der Waals surface area contributed by atoms with Gasteiger partial charge in [0.05, 0.1) is 25.9 Å². The van der Waals surface area contributed by atoms with Gasteiger partial charge in [-0.25, -0.2) is 0 Å². The number of amides is 3. The predicted molar refractivity (Wildman–Crippen MR) is 147 cm³/mol. The van der Waals surface area contributed by atoms with Crippen molar-refractivity contribution in [2.24, 2.45) is 11.8 Å². The van der Waals surface area contributed by atoms with Crippen LogP contribution in [0.15, 0.2) is 24.3 Å². The van der Waals surface area contributed by atoms with Crippen LogP contribution >= 0.6 is 0 Å². The number of ketones is 1. The van der Waals surface area contributed by atoms with E-state index in [9.17, 15) is 24.3 Å². The number of benzene rings is 1. The second-order valence-corrected chi connectivity index (χ2v) is 11.8. The second-order valence-electron chi connectivity index (χ2n) is 11.8. The minimum Gasteiger partial charge on any atom is -0.497 e. The van der Waals surface area contributed by atoms with Crippen LogP contribution < -0.4 is 20.7 Å². The molecule has 0 radical (unpaired) electrons. The van der Waals surface area contributed by atoms with Crippen LogP contribution in [-0.2, 0) is 30.3 Å². The number of hydrogen-bond acceptors (Lipinski definition) is 7. The Morgan fingerprint density at radius 1 is 1.00 bits per heavy atom. The van der Waals surface area contributed by atoms with Crippen molar-refractivity contribution in [3.63, 3.8) is 0 Å². The fourth-order valence-electron chi connectivity index (χ4n) is 5.80. The van der Waals surface area contributed by atoms with Gasteiger partial charge in [-0.2, -0.15) is 0 Å². The average molecular weight is 558 g/mol. The SMILES string of the molecule is COc1ccc(CC(NC(=O)C(C)NC(=O)C2CCC(O)C2)C(=O)NC(CC2CCCC2)C(=O)C2(C)CO2)cc1. The molecule has 3 amide bonds. The molecule has 1 heterocycles. The number of hydrogen-bond donors (Lipinski definition) is 4.